The summed E-state index contributed by atoms with van der Waals surface area (Å²) >= 11 is 13.6. The summed E-state index contributed by atoms with van der Waals surface area (Å²) < 4.78 is 0. The number of hydrogen-bond donors (Lipinski definition) is 0. The molecule has 1 aromatic rings. The zero-order valence-corrected chi connectivity index (χ0v) is 10.8. The number of nitrogens with zero attached hydrogens (tertiary/aromatic N) is 1. The number of aromatic nitrogens is 1. The third kappa shape index (κ3) is 2.85. The van der Waals surface area contributed by atoms with Crippen LogP contribution >= 0.6 is 34.5 Å². The van der Waals surface area contributed by atoms with Gasteiger partial charge in [0.25, 0.3) is 0 Å². The highest BCUT2D eigenvalue weighted by Crippen LogP contribution is 2.30. The molecular weight excluding hydrogens is 237 g/mol. The summed E-state index contributed by atoms with van der Waals surface area (Å²) in [5.74, 6) is 1.20. The van der Waals surface area contributed by atoms with Crippen LogP contribution in [0.2, 0.25) is 0 Å². The van der Waals surface area contributed by atoms with Crippen molar-refractivity contribution in [2.75, 3.05) is 11.8 Å². The molecule has 0 amide bonds. The number of hydrogen-bond acceptors (Lipinski definition) is 2. The van der Waals surface area contributed by atoms with Crippen molar-refractivity contribution in [1.29, 1.82) is 0 Å². The van der Waals surface area contributed by atoms with Crippen molar-refractivity contribution >= 4 is 34.5 Å². The SMILES string of the molecule is CCC(CCl)(CCl)Cc1csc(C)n1. The molecule has 0 radical (unpaired) electrons. The van der Waals surface area contributed by atoms with E-state index in [-0.39, 0.29) is 5.41 Å². The van der Waals surface area contributed by atoms with Crippen molar-refractivity contribution in [2.45, 2.75) is 26.7 Å². The summed E-state index contributed by atoms with van der Waals surface area (Å²) in [4.78, 5) is 4.44. The molecule has 0 saturated carbocycles. The molecule has 1 nitrogen and oxygen atoms in total. The van der Waals surface area contributed by atoms with Crippen LogP contribution in [0.5, 0.6) is 0 Å². The van der Waals surface area contributed by atoms with Gasteiger partial charge in [-0.25, -0.2) is 4.98 Å². The maximum absolute atomic E-state index is 5.97. The van der Waals surface area contributed by atoms with E-state index in [1.807, 2.05) is 6.92 Å². The standard InChI is InChI=1S/C10H15Cl2NS/c1-3-10(6-11,7-12)4-9-5-14-8(2)13-9/h5H,3-4,6-7H2,1-2H3. The number of aryl methyl sites for hydroxylation is 1. The average molecular weight is 252 g/mol. The van der Waals surface area contributed by atoms with Gasteiger partial charge in [0.1, 0.15) is 0 Å². The quantitative estimate of drug-likeness (QED) is 0.725. The van der Waals surface area contributed by atoms with E-state index >= 15 is 0 Å². The molecule has 0 unspecified atom stereocenters. The Bertz CT molecular complexity index is 273. The Hall–Kier alpha value is 0.210. The van der Waals surface area contributed by atoms with Gasteiger partial charge in [0.15, 0.2) is 0 Å². The van der Waals surface area contributed by atoms with Gasteiger partial charge in [-0.05, 0) is 19.8 Å². The third-order valence-electron chi connectivity index (χ3n) is 2.54. The van der Waals surface area contributed by atoms with Crippen LogP contribution in [0.4, 0.5) is 0 Å². The predicted octanol–water partition coefficient (Wildman–Crippen LogP) is 3.87. The zero-order chi connectivity index (χ0) is 10.6. The monoisotopic (exact) mass is 251 g/mol. The zero-order valence-electron chi connectivity index (χ0n) is 8.52. The molecule has 0 N–H and O–H groups in total. The predicted molar refractivity (Wildman–Crippen MR) is 64.7 cm³/mol. The summed E-state index contributed by atoms with van der Waals surface area (Å²) in [5, 5.41) is 3.20. The van der Waals surface area contributed by atoms with Crippen LogP contribution < -0.4 is 0 Å². The summed E-state index contributed by atoms with van der Waals surface area (Å²) in [5.41, 5.74) is 1.14. The van der Waals surface area contributed by atoms with Crippen LogP contribution in [-0.4, -0.2) is 16.7 Å². The molecule has 0 saturated heterocycles. The third-order valence-corrected chi connectivity index (χ3v) is 4.50. The van der Waals surface area contributed by atoms with Gasteiger partial charge in [-0.15, -0.1) is 34.5 Å². The Morgan fingerprint density at radius 3 is 2.43 bits per heavy atom. The molecule has 80 valence electrons. The number of halogens is 2. The van der Waals surface area contributed by atoms with E-state index in [9.17, 15) is 0 Å². The molecule has 0 bridgehead atoms. The van der Waals surface area contributed by atoms with Gasteiger partial charge >= 0.3 is 0 Å². The van der Waals surface area contributed by atoms with Crippen LogP contribution in [0.1, 0.15) is 24.0 Å². The average Bonchev–Trinajstić information content (AvgIpc) is 2.61. The first-order valence-electron chi connectivity index (χ1n) is 4.69. The minimum absolute atomic E-state index is 0.0175. The van der Waals surface area contributed by atoms with Gasteiger partial charge in [0.05, 0.1) is 10.7 Å². The van der Waals surface area contributed by atoms with Gasteiger partial charge in [0, 0.05) is 22.6 Å². The van der Waals surface area contributed by atoms with E-state index in [2.05, 4.69) is 17.3 Å². The van der Waals surface area contributed by atoms with E-state index < -0.39 is 0 Å². The van der Waals surface area contributed by atoms with Crippen molar-refractivity contribution in [3.05, 3.63) is 16.1 Å². The van der Waals surface area contributed by atoms with E-state index in [1.165, 1.54) is 0 Å². The van der Waals surface area contributed by atoms with Crippen molar-refractivity contribution in [3.63, 3.8) is 0 Å². The minimum atomic E-state index is 0.0175. The maximum atomic E-state index is 5.97. The molecule has 1 aromatic heterocycles. The van der Waals surface area contributed by atoms with E-state index in [4.69, 9.17) is 23.2 Å². The minimum Gasteiger partial charge on any atom is -0.247 e. The van der Waals surface area contributed by atoms with E-state index in [1.54, 1.807) is 11.3 Å². The number of rotatable bonds is 5. The Kier molecular flexibility index (Phi) is 4.68. The van der Waals surface area contributed by atoms with Crippen molar-refractivity contribution in [2.24, 2.45) is 5.41 Å². The first-order chi connectivity index (χ1) is 6.65. The summed E-state index contributed by atoms with van der Waals surface area (Å²) in [6, 6.07) is 0. The molecule has 0 atom stereocenters. The Morgan fingerprint density at radius 2 is 2.07 bits per heavy atom. The fourth-order valence-electron chi connectivity index (χ4n) is 1.32. The lowest BCUT2D eigenvalue weighted by atomic mass is 9.85. The van der Waals surface area contributed by atoms with E-state index in [0.717, 1.165) is 23.5 Å². The first kappa shape index (κ1) is 12.3. The molecule has 0 spiro atoms. The van der Waals surface area contributed by atoms with Crippen LogP contribution in [0, 0.1) is 12.3 Å². The Labute approximate surface area is 99.5 Å². The van der Waals surface area contributed by atoms with Crippen LogP contribution in [-0.2, 0) is 6.42 Å². The van der Waals surface area contributed by atoms with Crippen molar-refractivity contribution in [3.8, 4) is 0 Å². The van der Waals surface area contributed by atoms with E-state index in [0.29, 0.717) is 11.8 Å². The first-order valence-corrected chi connectivity index (χ1v) is 6.63. The van der Waals surface area contributed by atoms with Gasteiger partial charge < -0.3 is 0 Å². The highest BCUT2D eigenvalue weighted by atomic mass is 35.5. The molecule has 0 aromatic carbocycles. The summed E-state index contributed by atoms with van der Waals surface area (Å²) in [7, 11) is 0. The van der Waals surface area contributed by atoms with Crippen molar-refractivity contribution < 1.29 is 0 Å². The van der Waals surface area contributed by atoms with Gasteiger partial charge in [-0.2, -0.15) is 0 Å². The van der Waals surface area contributed by atoms with Crippen LogP contribution in [0.25, 0.3) is 0 Å². The lowest BCUT2D eigenvalue weighted by Crippen LogP contribution is -2.27. The fourth-order valence-corrected chi connectivity index (χ4v) is 2.78. The second-order valence-corrected chi connectivity index (χ2v) is 5.25. The molecular formula is C10H15Cl2NS. The van der Waals surface area contributed by atoms with Crippen LogP contribution in [0.15, 0.2) is 5.38 Å². The summed E-state index contributed by atoms with van der Waals surface area (Å²) in [6.45, 7) is 4.15. The summed E-state index contributed by atoms with van der Waals surface area (Å²) in [6.07, 6.45) is 1.89. The number of alkyl halides is 2. The second kappa shape index (κ2) is 5.34. The molecule has 0 aliphatic carbocycles. The normalized spacial score (nSPS) is 12.0. The second-order valence-electron chi connectivity index (χ2n) is 3.66. The lowest BCUT2D eigenvalue weighted by molar-refractivity contribution is 0.358. The molecule has 14 heavy (non-hydrogen) atoms. The largest absolute Gasteiger partial charge is 0.247 e. The maximum Gasteiger partial charge on any atom is 0.0897 e. The Morgan fingerprint density at radius 1 is 1.43 bits per heavy atom. The smallest absolute Gasteiger partial charge is 0.0897 e. The van der Waals surface area contributed by atoms with Gasteiger partial charge in [0.2, 0.25) is 0 Å². The Balaban J connectivity index is 2.73. The van der Waals surface area contributed by atoms with Gasteiger partial charge in [-0.1, -0.05) is 6.92 Å². The van der Waals surface area contributed by atoms with Gasteiger partial charge in [-0.3, -0.25) is 0 Å². The molecule has 4 heteroatoms. The lowest BCUT2D eigenvalue weighted by Gasteiger charge is -2.26. The highest BCUT2D eigenvalue weighted by Gasteiger charge is 2.27. The molecule has 1 rings (SSSR count). The molecule has 0 aliphatic heterocycles. The van der Waals surface area contributed by atoms with Crippen molar-refractivity contribution in [1.82, 2.24) is 4.98 Å². The molecule has 1 heterocycles. The fraction of sp³-hybridized carbons (Fsp3) is 0.700. The van der Waals surface area contributed by atoms with Crippen LogP contribution in [0.3, 0.4) is 0 Å². The molecule has 0 fully saturated rings. The topological polar surface area (TPSA) is 12.9 Å². The number of thiazole rings is 1. The highest BCUT2D eigenvalue weighted by molar-refractivity contribution is 7.09. The molecule has 0 aliphatic rings.